The molecule has 0 bridgehead atoms. The number of unbranched alkanes of at least 4 members (excludes halogenated alkanes) is 8. The van der Waals surface area contributed by atoms with Crippen molar-refractivity contribution in [1.82, 2.24) is 5.32 Å². The van der Waals surface area contributed by atoms with Crippen molar-refractivity contribution >= 4 is 17.5 Å². The average Bonchev–Trinajstić information content (AvgIpc) is 2.49. The largest absolute Gasteiger partial charge is 0.352 e. The molecule has 0 rings (SSSR count). The number of alkyl halides is 1. The molecule has 3 heteroatoms. The van der Waals surface area contributed by atoms with E-state index in [2.05, 4.69) is 18.8 Å². The van der Waals surface area contributed by atoms with E-state index in [0.29, 0.717) is 12.1 Å². The highest BCUT2D eigenvalue weighted by molar-refractivity contribution is 6.20. The number of amides is 1. The summed E-state index contributed by atoms with van der Waals surface area (Å²) in [4.78, 5) is 11.3. The molecule has 0 aromatic carbocycles. The van der Waals surface area contributed by atoms with E-state index in [4.69, 9.17) is 11.6 Å². The zero-order valence-corrected chi connectivity index (χ0v) is 15.5. The molecule has 1 atom stereocenters. The molecule has 0 radical (unpaired) electrons. The monoisotopic (exact) mass is 329 g/mol. The highest BCUT2D eigenvalue weighted by atomic mass is 35.5. The van der Waals surface area contributed by atoms with Crippen molar-refractivity contribution in [3.63, 3.8) is 0 Å². The van der Waals surface area contributed by atoms with E-state index in [-0.39, 0.29) is 11.3 Å². The third-order valence-corrected chi connectivity index (χ3v) is 4.42. The molecule has 0 saturated carbocycles. The summed E-state index contributed by atoms with van der Waals surface area (Å²) < 4.78 is 0. The number of carbonyl (C=O) groups excluding carboxylic acids is 1. The minimum atomic E-state index is -0.0509. The van der Waals surface area contributed by atoms with Crippen LogP contribution in [0.5, 0.6) is 0 Å². The van der Waals surface area contributed by atoms with E-state index in [9.17, 15) is 4.79 Å². The standard InChI is InChI=1S/C19H36ClNO/c1-4-5-6-7-8-9-10-11-12-14-18(20)15-13-16-21-19(22)17(2)3/h18H,2,4-16H2,1,3H3,(H,21,22). The van der Waals surface area contributed by atoms with Crippen molar-refractivity contribution in [2.75, 3.05) is 6.54 Å². The molecule has 1 unspecified atom stereocenters. The molecule has 1 N–H and O–H groups in total. The molecule has 1 amide bonds. The first-order valence-electron chi connectivity index (χ1n) is 9.15. The SMILES string of the molecule is C=C(C)C(=O)NCCCC(Cl)CCCCCCCCCCC. The number of halogens is 1. The van der Waals surface area contributed by atoms with Crippen LogP contribution in [0.4, 0.5) is 0 Å². The van der Waals surface area contributed by atoms with Gasteiger partial charge in [-0.05, 0) is 26.2 Å². The van der Waals surface area contributed by atoms with E-state index < -0.39 is 0 Å². The van der Waals surface area contributed by atoms with Crippen molar-refractivity contribution in [3.8, 4) is 0 Å². The number of hydrogen-bond donors (Lipinski definition) is 1. The molecule has 0 aliphatic heterocycles. The van der Waals surface area contributed by atoms with Gasteiger partial charge in [-0.3, -0.25) is 4.79 Å². The van der Waals surface area contributed by atoms with E-state index in [1.54, 1.807) is 6.92 Å². The Bertz CT molecular complexity index is 291. The molecule has 0 fully saturated rings. The Labute approximate surface area is 143 Å². The van der Waals surface area contributed by atoms with Gasteiger partial charge in [-0.2, -0.15) is 0 Å². The van der Waals surface area contributed by atoms with Crippen LogP contribution in [-0.2, 0) is 4.79 Å². The molecule has 0 heterocycles. The van der Waals surface area contributed by atoms with Gasteiger partial charge in [0.2, 0.25) is 5.91 Å². The Hall–Kier alpha value is -0.500. The van der Waals surface area contributed by atoms with Gasteiger partial charge in [0, 0.05) is 17.5 Å². The first-order chi connectivity index (χ1) is 10.6. The fourth-order valence-electron chi connectivity index (χ4n) is 2.50. The molecule has 0 aromatic heterocycles. The molecule has 0 aromatic rings. The van der Waals surface area contributed by atoms with Gasteiger partial charge in [-0.25, -0.2) is 0 Å². The second kappa shape index (κ2) is 15.4. The highest BCUT2D eigenvalue weighted by Crippen LogP contribution is 2.16. The number of rotatable bonds is 15. The summed E-state index contributed by atoms with van der Waals surface area (Å²) in [5.41, 5.74) is 0.567. The molecule has 22 heavy (non-hydrogen) atoms. The Morgan fingerprint density at radius 1 is 0.955 bits per heavy atom. The van der Waals surface area contributed by atoms with Crippen molar-refractivity contribution in [3.05, 3.63) is 12.2 Å². The maximum Gasteiger partial charge on any atom is 0.246 e. The van der Waals surface area contributed by atoms with Crippen LogP contribution in [0.15, 0.2) is 12.2 Å². The van der Waals surface area contributed by atoms with Crippen molar-refractivity contribution in [2.45, 2.75) is 96.3 Å². The van der Waals surface area contributed by atoms with E-state index in [1.165, 1.54) is 57.8 Å². The summed E-state index contributed by atoms with van der Waals surface area (Å²) in [7, 11) is 0. The lowest BCUT2D eigenvalue weighted by Gasteiger charge is -2.10. The van der Waals surface area contributed by atoms with Crippen LogP contribution >= 0.6 is 11.6 Å². The molecule has 0 aliphatic rings. The molecule has 130 valence electrons. The molecule has 0 saturated heterocycles. The zero-order chi connectivity index (χ0) is 16.6. The zero-order valence-electron chi connectivity index (χ0n) is 14.8. The maximum atomic E-state index is 11.3. The molecule has 0 spiro atoms. The summed E-state index contributed by atoms with van der Waals surface area (Å²) >= 11 is 6.33. The fraction of sp³-hybridized carbons (Fsp3) is 0.842. The Morgan fingerprint density at radius 3 is 2.00 bits per heavy atom. The number of carbonyl (C=O) groups is 1. The second-order valence-electron chi connectivity index (χ2n) is 6.39. The quantitative estimate of drug-likeness (QED) is 0.223. The van der Waals surface area contributed by atoms with Gasteiger partial charge in [0.25, 0.3) is 0 Å². The second-order valence-corrected chi connectivity index (χ2v) is 7.01. The minimum Gasteiger partial charge on any atom is -0.352 e. The smallest absolute Gasteiger partial charge is 0.246 e. The minimum absolute atomic E-state index is 0.0509. The number of hydrogen-bond acceptors (Lipinski definition) is 1. The van der Waals surface area contributed by atoms with Crippen LogP contribution in [0.3, 0.4) is 0 Å². The predicted molar refractivity (Wildman–Crippen MR) is 98.5 cm³/mol. The Balaban J connectivity index is 3.27. The van der Waals surface area contributed by atoms with Crippen molar-refractivity contribution < 1.29 is 4.79 Å². The van der Waals surface area contributed by atoms with Crippen LogP contribution in [-0.4, -0.2) is 17.8 Å². The maximum absolute atomic E-state index is 11.3. The van der Waals surface area contributed by atoms with Gasteiger partial charge in [0.1, 0.15) is 0 Å². The van der Waals surface area contributed by atoms with E-state index >= 15 is 0 Å². The number of nitrogens with one attached hydrogen (secondary N) is 1. The van der Waals surface area contributed by atoms with Crippen LogP contribution in [0.25, 0.3) is 0 Å². The normalized spacial score (nSPS) is 12.1. The lowest BCUT2D eigenvalue weighted by atomic mass is 10.0. The van der Waals surface area contributed by atoms with Gasteiger partial charge < -0.3 is 5.32 Å². The van der Waals surface area contributed by atoms with Gasteiger partial charge in [0.15, 0.2) is 0 Å². The predicted octanol–water partition coefficient (Wildman–Crippen LogP) is 5.99. The summed E-state index contributed by atoms with van der Waals surface area (Å²) in [5.74, 6) is -0.0509. The summed E-state index contributed by atoms with van der Waals surface area (Å²) in [5, 5.41) is 3.10. The van der Waals surface area contributed by atoms with Gasteiger partial charge in [-0.15, -0.1) is 11.6 Å². The van der Waals surface area contributed by atoms with Gasteiger partial charge in [0.05, 0.1) is 0 Å². The first-order valence-corrected chi connectivity index (χ1v) is 9.59. The lowest BCUT2D eigenvalue weighted by Crippen LogP contribution is -2.25. The third-order valence-electron chi connectivity index (χ3n) is 3.99. The molecular weight excluding hydrogens is 294 g/mol. The van der Waals surface area contributed by atoms with Crippen LogP contribution in [0.1, 0.15) is 90.9 Å². The highest BCUT2D eigenvalue weighted by Gasteiger charge is 2.05. The topological polar surface area (TPSA) is 29.1 Å². The van der Waals surface area contributed by atoms with Gasteiger partial charge >= 0.3 is 0 Å². The van der Waals surface area contributed by atoms with Crippen LogP contribution in [0, 0.1) is 0 Å². The lowest BCUT2D eigenvalue weighted by molar-refractivity contribution is -0.117. The van der Waals surface area contributed by atoms with Gasteiger partial charge in [-0.1, -0.05) is 71.3 Å². The molecule has 2 nitrogen and oxygen atoms in total. The summed E-state index contributed by atoms with van der Waals surface area (Å²) in [6.07, 6.45) is 15.2. The molecular formula is C19H36ClNO. The van der Waals surface area contributed by atoms with Crippen molar-refractivity contribution in [1.29, 1.82) is 0 Å². The Kier molecular flexibility index (Phi) is 15.0. The average molecular weight is 330 g/mol. The molecule has 0 aliphatic carbocycles. The van der Waals surface area contributed by atoms with Crippen molar-refractivity contribution in [2.24, 2.45) is 0 Å². The Morgan fingerprint density at radius 2 is 1.45 bits per heavy atom. The van der Waals surface area contributed by atoms with E-state index in [0.717, 1.165) is 19.3 Å². The third kappa shape index (κ3) is 14.4. The first kappa shape index (κ1) is 21.5. The summed E-state index contributed by atoms with van der Waals surface area (Å²) in [6.45, 7) is 8.30. The van der Waals surface area contributed by atoms with E-state index in [1.807, 2.05) is 0 Å². The summed E-state index contributed by atoms with van der Waals surface area (Å²) in [6, 6.07) is 0. The van der Waals surface area contributed by atoms with Crippen LogP contribution in [0.2, 0.25) is 0 Å². The van der Waals surface area contributed by atoms with Crippen LogP contribution < -0.4 is 5.32 Å². The fourth-order valence-corrected chi connectivity index (χ4v) is 2.81.